The average molecular weight is 707 g/mol. The summed E-state index contributed by atoms with van der Waals surface area (Å²) >= 11 is 0. The minimum Gasteiger partial charge on any atom is -0.474 e. The Morgan fingerprint density at radius 1 is 1.08 bits per heavy atom. The van der Waals surface area contributed by atoms with E-state index in [1.54, 1.807) is 19.1 Å². The van der Waals surface area contributed by atoms with Crippen molar-refractivity contribution in [1.82, 2.24) is 29.9 Å². The molecule has 1 saturated carbocycles. The van der Waals surface area contributed by atoms with Gasteiger partial charge < -0.3 is 29.8 Å². The average Bonchev–Trinajstić information content (AvgIpc) is 3.57. The first kappa shape index (κ1) is 34.0. The van der Waals surface area contributed by atoms with E-state index in [9.17, 15) is 31.7 Å². The number of rotatable bonds is 10. The molecule has 2 fully saturated rings. The Morgan fingerprint density at radius 3 is 2.39 bits per heavy atom. The number of morpholine rings is 1. The smallest absolute Gasteiger partial charge is 0.432 e. The maximum Gasteiger partial charge on any atom is 0.432 e. The van der Waals surface area contributed by atoms with E-state index in [4.69, 9.17) is 14.5 Å². The molecule has 16 nitrogen and oxygen atoms in total. The molecule has 1 atom stereocenters. The van der Waals surface area contributed by atoms with Gasteiger partial charge in [0, 0.05) is 37.6 Å². The van der Waals surface area contributed by atoms with Gasteiger partial charge in [-0.15, -0.1) is 0 Å². The summed E-state index contributed by atoms with van der Waals surface area (Å²) in [5.74, 6) is 0.476. The van der Waals surface area contributed by atoms with E-state index in [0.29, 0.717) is 68.7 Å². The van der Waals surface area contributed by atoms with Crippen molar-refractivity contribution in [3.63, 3.8) is 0 Å². The van der Waals surface area contributed by atoms with Crippen molar-refractivity contribution in [3.8, 4) is 5.88 Å². The highest BCUT2D eigenvalue weighted by Gasteiger charge is 2.33. The van der Waals surface area contributed by atoms with Crippen molar-refractivity contribution < 1.29 is 36.0 Å². The number of hydrogen-bond donors (Lipinski definition) is 2. The van der Waals surface area contributed by atoms with Crippen LogP contribution in [0.2, 0.25) is 0 Å². The fraction of sp³-hybridized carbons (Fsp3) is 0.483. The molecule has 4 aromatic rings. The van der Waals surface area contributed by atoms with Gasteiger partial charge in [-0.2, -0.15) is 18.2 Å². The van der Waals surface area contributed by atoms with Gasteiger partial charge >= 0.3 is 12.1 Å². The number of anilines is 3. The first-order valence-electron chi connectivity index (χ1n) is 15.4. The van der Waals surface area contributed by atoms with Gasteiger partial charge in [-0.1, -0.05) is 4.98 Å². The summed E-state index contributed by atoms with van der Waals surface area (Å²) in [6.45, 7) is 3.83. The van der Waals surface area contributed by atoms with Crippen LogP contribution in [0.5, 0.6) is 5.88 Å². The third-order valence-corrected chi connectivity index (χ3v) is 9.63. The van der Waals surface area contributed by atoms with Crippen molar-refractivity contribution in [2.24, 2.45) is 0 Å². The van der Waals surface area contributed by atoms with Crippen molar-refractivity contribution >= 4 is 44.3 Å². The number of pyridine rings is 2. The Morgan fingerprint density at radius 2 is 1.78 bits per heavy atom. The highest BCUT2D eigenvalue weighted by molar-refractivity contribution is 7.92. The van der Waals surface area contributed by atoms with Crippen LogP contribution < -0.4 is 19.3 Å². The van der Waals surface area contributed by atoms with E-state index in [2.05, 4.69) is 30.2 Å². The van der Waals surface area contributed by atoms with Crippen molar-refractivity contribution in [3.05, 3.63) is 58.3 Å². The summed E-state index contributed by atoms with van der Waals surface area (Å²) < 4.78 is 78.0. The molecule has 20 heteroatoms. The van der Waals surface area contributed by atoms with Gasteiger partial charge in [-0.25, -0.2) is 23.4 Å². The van der Waals surface area contributed by atoms with Crippen LogP contribution in [0.3, 0.4) is 0 Å². The van der Waals surface area contributed by atoms with Gasteiger partial charge in [0.25, 0.3) is 0 Å². The van der Waals surface area contributed by atoms with Crippen molar-refractivity contribution in [2.75, 3.05) is 47.1 Å². The van der Waals surface area contributed by atoms with E-state index >= 15 is 0 Å². The van der Waals surface area contributed by atoms with Crippen molar-refractivity contribution in [1.29, 1.82) is 0 Å². The van der Waals surface area contributed by atoms with Crippen LogP contribution in [0.4, 0.5) is 36.6 Å². The van der Waals surface area contributed by atoms with Crippen LogP contribution in [0.15, 0.2) is 36.9 Å². The standard InChI is InChI=1S/C29H33F3N10O6S/c1-17(24-16-36-28(38-24)42(43)44)41(49(2,45)46)20-11-22-23(33-15-20)12-25(40-7-9-47-10-8-40)39-26(22)48-21-5-3-19(4-6-21)37-27-34-13-18(14-35-27)29(30,31)32/h11-17,19,21H,3-10H2,1-2H3,(H,36,38)(H,34,35,37). The number of aromatic nitrogens is 6. The Bertz CT molecular complexity index is 1910. The quantitative estimate of drug-likeness (QED) is 0.176. The van der Waals surface area contributed by atoms with E-state index in [-0.39, 0.29) is 35.4 Å². The Kier molecular flexibility index (Phi) is 9.43. The monoisotopic (exact) mass is 706 g/mol. The van der Waals surface area contributed by atoms with Gasteiger partial charge in [0.15, 0.2) is 0 Å². The van der Waals surface area contributed by atoms with Crippen LogP contribution in [-0.2, 0) is 20.9 Å². The first-order chi connectivity index (χ1) is 23.3. The zero-order valence-corrected chi connectivity index (χ0v) is 27.2. The van der Waals surface area contributed by atoms with E-state index in [1.807, 2.05) is 4.90 Å². The number of aromatic amines is 1. The second-order valence-electron chi connectivity index (χ2n) is 11.8. The Balaban J connectivity index is 1.26. The number of halogens is 3. The van der Waals surface area contributed by atoms with Gasteiger partial charge in [0.05, 0.1) is 53.9 Å². The molecule has 1 unspecified atom stereocenters. The zero-order valence-electron chi connectivity index (χ0n) is 26.4. The molecule has 2 N–H and O–H groups in total. The first-order valence-corrected chi connectivity index (χ1v) is 17.3. The molecule has 0 amide bonds. The van der Waals surface area contributed by atoms with Crippen LogP contribution in [-0.4, -0.2) is 87.9 Å². The SMILES string of the molecule is CC(c1cnc([N+](=O)[O-])[nH]1)N(c1cnc2cc(N3CCOCC3)nc(OC3CCC(Nc4ncc(C(F)(F)F)cn4)CC3)c2c1)S(C)(=O)=O. The summed E-state index contributed by atoms with van der Waals surface area (Å²) in [5, 5.41) is 14.8. The molecule has 0 radical (unpaired) electrons. The topological polar surface area (TPSA) is 194 Å². The minimum absolute atomic E-state index is 0.0858. The Labute approximate surface area is 278 Å². The number of alkyl halides is 3. The predicted octanol–water partition coefficient (Wildman–Crippen LogP) is 4.24. The molecule has 1 aliphatic heterocycles. The third kappa shape index (κ3) is 7.74. The molecule has 0 aromatic carbocycles. The second kappa shape index (κ2) is 13.6. The molecule has 4 aromatic heterocycles. The number of sulfonamides is 1. The maximum atomic E-state index is 13.1. The number of ether oxygens (including phenoxy) is 2. The second-order valence-corrected chi connectivity index (χ2v) is 13.7. The van der Waals surface area contributed by atoms with Gasteiger partial charge in [-0.05, 0) is 43.6 Å². The summed E-state index contributed by atoms with van der Waals surface area (Å²) in [4.78, 5) is 35.9. The molecule has 0 bridgehead atoms. The normalized spacial score (nSPS) is 19.4. The highest BCUT2D eigenvalue weighted by atomic mass is 32.2. The lowest BCUT2D eigenvalue weighted by molar-refractivity contribution is -0.393. The van der Waals surface area contributed by atoms with Crippen LogP contribution >= 0.6 is 0 Å². The van der Waals surface area contributed by atoms with Gasteiger partial charge in [-0.3, -0.25) is 9.29 Å². The number of imidazole rings is 1. The summed E-state index contributed by atoms with van der Waals surface area (Å²) in [6, 6.07) is 2.43. The Hall–Kier alpha value is -4.85. The molecular formula is C29H33F3N10O6S. The van der Waals surface area contributed by atoms with E-state index in [0.717, 1.165) is 23.0 Å². The lowest BCUT2D eigenvalue weighted by atomic mass is 9.93. The number of hydrogen-bond acceptors (Lipinski definition) is 13. The van der Waals surface area contributed by atoms with Crippen molar-refractivity contribution in [2.45, 2.75) is 57.0 Å². The minimum atomic E-state index is -4.52. The molecule has 5 heterocycles. The van der Waals surface area contributed by atoms with E-state index in [1.165, 1.54) is 12.4 Å². The van der Waals surface area contributed by atoms with Crippen LogP contribution in [0.25, 0.3) is 10.9 Å². The molecule has 6 rings (SSSR count). The number of H-pyrrole nitrogens is 1. The molecule has 49 heavy (non-hydrogen) atoms. The number of nitrogens with zero attached hydrogens (tertiary/aromatic N) is 8. The molecule has 1 saturated heterocycles. The fourth-order valence-electron chi connectivity index (χ4n) is 5.91. The molecule has 2 aliphatic rings. The number of fused-ring (bicyclic) bond motifs is 1. The largest absolute Gasteiger partial charge is 0.474 e. The highest BCUT2D eigenvalue weighted by Crippen LogP contribution is 2.36. The number of nitrogens with one attached hydrogen (secondary N) is 2. The van der Waals surface area contributed by atoms with E-state index < -0.39 is 38.7 Å². The fourth-order valence-corrected chi connectivity index (χ4v) is 7.08. The van der Waals surface area contributed by atoms with Gasteiger partial charge in [0.1, 0.15) is 23.8 Å². The summed E-state index contributed by atoms with van der Waals surface area (Å²) in [7, 11) is -3.93. The van der Waals surface area contributed by atoms with Gasteiger partial charge in [0.2, 0.25) is 21.9 Å². The molecule has 1 aliphatic carbocycles. The van der Waals surface area contributed by atoms with Crippen LogP contribution in [0.1, 0.15) is 49.9 Å². The molecule has 0 spiro atoms. The molecule has 262 valence electrons. The number of nitro groups is 1. The maximum absolute atomic E-state index is 13.1. The third-order valence-electron chi connectivity index (χ3n) is 8.39. The lowest BCUT2D eigenvalue weighted by Crippen LogP contribution is -2.37. The molecular weight excluding hydrogens is 673 g/mol. The summed E-state index contributed by atoms with van der Waals surface area (Å²) in [6.07, 6.45) is 2.76. The predicted molar refractivity (Wildman–Crippen MR) is 171 cm³/mol. The lowest BCUT2D eigenvalue weighted by Gasteiger charge is -2.31. The zero-order chi connectivity index (χ0) is 34.9. The van der Waals surface area contributed by atoms with Crippen LogP contribution in [0, 0.1) is 10.1 Å². The summed E-state index contributed by atoms with van der Waals surface area (Å²) in [5.41, 5.74) is -0.00825.